The smallest absolute Gasteiger partial charge is 0.270 e. The molecule has 0 saturated carbocycles. The Bertz CT molecular complexity index is 1040. The molecule has 2 aromatic carbocycles. The summed E-state index contributed by atoms with van der Waals surface area (Å²) in [4.78, 5) is 26.1. The van der Waals surface area contributed by atoms with Crippen LogP contribution in [-0.2, 0) is 9.59 Å². The van der Waals surface area contributed by atoms with Crippen molar-refractivity contribution in [3.05, 3.63) is 70.6 Å². The summed E-state index contributed by atoms with van der Waals surface area (Å²) in [5.74, 6) is 0.527. The van der Waals surface area contributed by atoms with Crippen LogP contribution in [0.5, 0.6) is 5.75 Å². The molecule has 0 spiro atoms. The molecule has 1 fully saturated rings. The van der Waals surface area contributed by atoms with Crippen LogP contribution in [0.25, 0.3) is 6.08 Å². The number of nitrogens with zero attached hydrogens (tertiary/aromatic N) is 1. The van der Waals surface area contributed by atoms with Gasteiger partial charge < -0.3 is 10.1 Å². The number of hydrogen-bond donors (Lipinski definition) is 1. The average molecular weight is 409 g/mol. The predicted octanol–water partition coefficient (Wildman–Crippen LogP) is 4.37. The normalized spacial score (nSPS) is 17.2. The number of nitrogens with one attached hydrogen (secondary N) is 1. The molecule has 5 nitrogen and oxygen atoms in total. The number of benzene rings is 2. The van der Waals surface area contributed by atoms with Crippen molar-refractivity contribution in [2.45, 2.75) is 6.92 Å². The molecule has 0 unspecified atom stereocenters. The second kappa shape index (κ2) is 7.61. The summed E-state index contributed by atoms with van der Waals surface area (Å²) in [6.45, 7) is 1.86. The Morgan fingerprint density at radius 2 is 1.96 bits per heavy atom. The minimum atomic E-state index is -0.165. The number of fused-ring (bicyclic) bond motifs is 1. The monoisotopic (exact) mass is 408 g/mol. The minimum absolute atomic E-state index is 0.147. The Morgan fingerprint density at radius 3 is 2.71 bits per heavy atom. The maximum absolute atomic E-state index is 12.9. The van der Waals surface area contributed by atoms with E-state index in [4.69, 9.17) is 17.0 Å². The summed E-state index contributed by atoms with van der Waals surface area (Å²) in [5, 5.41) is 2.70. The lowest BCUT2D eigenvalue weighted by atomic mass is 10.1. The first-order chi connectivity index (χ1) is 13.5. The number of carbonyl (C=O) groups excluding carboxylic acids is 2. The first-order valence-electron chi connectivity index (χ1n) is 8.59. The molecule has 2 heterocycles. The second-order valence-electron chi connectivity index (χ2n) is 6.29. The van der Waals surface area contributed by atoms with Crippen LogP contribution in [0.3, 0.4) is 0 Å². The molecule has 7 heteroatoms. The quantitative estimate of drug-likeness (QED) is 0.604. The van der Waals surface area contributed by atoms with Crippen LogP contribution in [0.1, 0.15) is 12.5 Å². The van der Waals surface area contributed by atoms with Gasteiger partial charge in [0.05, 0.1) is 10.6 Å². The van der Waals surface area contributed by atoms with Crippen molar-refractivity contribution in [3.8, 4) is 5.75 Å². The van der Waals surface area contributed by atoms with E-state index in [1.54, 1.807) is 24.3 Å². The van der Waals surface area contributed by atoms with Crippen molar-refractivity contribution >= 4 is 57.6 Å². The highest BCUT2D eigenvalue weighted by atomic mass is 32.2. The Hall–Kier alpha value is -2.90. The maximum atomic E-state index is 12.9. The summed E-state index contributed by atoms with van der Waals surface area (Å²) in [5.41, 5.74) is 3.24. The number of carbonyl (C=O) groups is 2. The van der Waals surface area contributed by atoms with Crippen LogP contribution in [0.4, 0.5) is 11.4 Å². The van der Waals surface area contributed by atoms with Crippen molar-refractivity contribution < 1.29 is 14.3 Å². The fourth-order valence-electron chi connectivity index (χ4n) is 2.97. The van der Waals surface area contributed by atoms with Crippen LogP contribution >= 0.6 is 24.0 Å². The molecule has 0 radical (unpaired) electrons. The lowest BCUT2D eigenvalue weighted by Gasteiger charge is -2.16. The third-order valence-corrected chi connectivity index (χ3v) is 5.51. The first kappa shape index (κ1) is 18.5. The van der Waals surface area contributed by atoms with Crippen molar-refractivity contribution in [2.75, 3.05) is 16.8 Å². The van der Waals surface area contributed by atoms with Crippen LogP contribution in [-0.4, -0.2) is 22.7 Å². The molecule has 1 saturated heterocycles. The standard InChI is InChI=1S/C21H16N2O3S2/c1-13(24)22-16-6-8-17(9-7-16)23-20(25)19(28-21(23)27)11-14-10-15-4-2-3-5-18(15)26-12-14/h2-11H,12H2,1H3,(H,22,24). The average Bonchev–Trinajstić information content (AvgIpc) is 2.95. The Labute approximate surface area is 172 Å². The highest BCUT2D eigenvalue weighted by Crippen LogP contribution is 2.37. The fourth-order valence-corrected chi connectivity index (χ4v) is 4.29. The van der Waals surface area contributed by atoms with Gasteiger partial charge in [-0.05, 0) is 48.1 Å². The van der Waals surface area contributed by atoms with E-state index in [2.05, 4.69) is 5.32 Å². The lowest BCUT2D eigenvalue weighted by Crippen LogP contribution is -2.27. The molecule has 28 heavy (non-hydrogen) atoms. The van der Waals surface area contributed by atoms with Crippen molar-refractivity contribution in [2.24, 2.45) is 0 Å². The number of hydrogen-bond acceptors (Lipinski definition) is 5. The lowest BCUT2D eigenvalue weighted by molar-refractivity contribution is -0.114. The maximum Gasteiger partial charge on any atom is 0.270 e. The number of thioether (sulfide) groups is 1. The van der Waals surface area contributed by atoms with Gasteiger partial charge in [-0.2, -0.15) is 0 Å². The molecule has 4 rings (SSSR count). The van der Waals surface area contributed by atoms with E-state index in [9.17, 15) is 9.59 Å². The van der Waals surface area contributed by atoms with E-state index in [0.29, 0.717) is 27.2 Å². The van der Waals surface area contributed by atoms with Gasteiger partial charge in [0.25, 0.3) is 5.91 Å². The fraction of sp³-hybridized carbons (Fsp3) is 0.0952. The molecule has 140 valence electrons. The number of para-hydroxylation sites is 1. The van der Waals surface area contributed by atoms with Gasteiger partial charge in [-0.1, -0.05) is 42.2 Å². The van der Waals surface area contributed by atoms with Gasteiger partial charge in [0.15, 0.2) is 4.32 Å². The number of thiocarbonyl (C=S) groups is 1. The van der Waals surface area contributed by atoms with E-state index in [0.717, 1.165) is 16.9 Å². The highest BCUT2D eigenvalue weighted by molar-refractivity contribution is 8.27. The predicted molar refractivity (Wildman–Crippen MR) is 116 cm³/mol. The van der Waals surface area contributed by atoms with Crippen LogP contribution in [0.15, 0.2) is 65.1 Å². The van der Waals surface area contributed by atoms with Crippen LogP contribution in [0, 0.1) is 0 Å². The van der Waals surface area contributed by atoms with E-state index in [1.165, 1.54) is 23.6 Å². The zero-order chi connectivity index (χ0) is 19.7. The van der Waals surface area contributed by atoms with Crippen LogP contribution < -0.4 is 15.0 Å². The number of ether oxygens (including phenoxy) is 1. The number of rotatable bonds is 3. The van der Waals surface area contributed by atoms with Crippen molar-refractivity contribution in [1.82, 2.24) is 0 Å². The summed E-state index contributed by atoms with van der Waals surface area (Å²) in [7, 11) is 0. The molecular formula is C21H16N2O3S2. The molecule has 0 atom stereocenters. The van der Waals surface area contributed by atoms with E-state index < -0.39 is 0 Å². The second-order valence-corrected chi connectivity index (χ2v) is 7.97. The summed E-state index contributed by atoms with van der Waals surface area (Å²) in [6, 6.07) is 14.8. The molecule has 1 N–H and O–H groups in total. The molecule has 0 bridgehead atoms. The zero-order valence-corrected chi connectivity index (χ0v) is 16.6. The highest BCUT2D eigenvalue weighted by Gasteiger charge is 2.33. The van der Waals surface area contributed by atoms with Crippen LogP contribution in [0.2, 0.25) is 0 Å². The Balaban J connectivity index is 1.57. The Morgan fingerprint density at radius 1 is 1.21 bits per heavy atom. The molecular weight excluding hydrogens is 392 g/mol. The van der Waals surface area contributed by atoms with Gasteiger partial charge in [0, 0.05) is 18.2 Å². The SMILES string of the molecule is CC(=O)Nc1ccc(N2C(=O)C(=CC3=Cc4ccccc4OC3)SC2=S)cc1. The largest absolute Gasteiger partial charge is 0.488 e. The summed E-state index contributed by atoms with van der Waals surface area (Å²) in [6.07, 6.45) is 3.86. The third-order valence-electron chi connectivity index (χ3n) is 4.21. The number of anilines is 2. The van der Waals surface area contributed by atoms with E-state index in [1.807, 2.05) is 36.4 Å². The minimum Gasteiger partial charge on any atom is -0.488 e. The molecule has 2 aliphatic heterocycles. The van der Waals surface area contributed by atoms with Crippen molar-refractivity contribution in [1.29, 1.82) is 0 Å². The van der Waals surface area contributed by atoms with Gasteiger partial charge in [-0.25, -0.2) is 0 Å². The van der Waals surface area contributed by atoms with Gasteiger partial charge in [-0.3, -0.25) is 14.5 Å². The topological polar surface area (TPSA) is 58.6 Å². The molecule has 2 amide bonds. The molecule has 0 aliphatic carbocycles. The van der Waals surface area contributed by atoms with Gasteiger partial charge in [0.1, 0.15) is 12.4 Å². The third kappa shape index (κ3) is 3.72. The zero-order valence-electron chi connectivity index (χ0n) is 15.0. The molecule has 2 aliphatic rings. The Kier molecular flexibility index (Phi) is 5.02. The van der Waals surface area contributed by atoms with E-state index in [-0.39, 0.29) is 11.8 Å². The summed E-state index contributed by atoms with van der Waals surface area (Å²) < 4.78 is 6.22. The van der Waals surface area contributed by atoms with E-state index >= 15 is 0 Å². The summed E-state index contributed by atoms with van der Waals surface area (Å²) >= 11 is 6.69. The van der Waals surface area contributed by atoms with Crippen molar-refractivity contribution in [3.63, 3.8) is 0 Å². The molecule has 0 aromatic heterocycles. The molecule has 2 aromatic rings. The number of amides is 2. The van der Waals surface area contributed by atoms with Gasteiger partial charge in [-0.15, -0.1) is 0 Å². The van der Waals surface area contributed by atoms with Gasteiger partial charge in [0.2, 0.25) is 5.91 Å². The van der Waals surface area contributed by atoms with Gasteiger partial charge >= 0.3 is 0 Å². The first-order valence-corrected chi connectivity index (χ1v) is 9.82.